The fraction of sp³-hybridized carbons (Fsp3) is 0.391. The van der Waals surface area contributed by atoms with E-state index in [0.717, 1.165) is 19.6 Å². The van der Waals surface area contributed by atoms with Crippen molar-refractivity contribution in [2.45, 2.75) is 33.4 Å². The van der Waals surface area contributed by atoms with E-state index in [0.29, 0.717) is 23.1 Å². The van der Waals surface area contributed by atoms with Gasteiger partial charge in [-0.2, -0.15) is 0 Å². The molecule has 5 nitrogen and oxygen atoms in total. The summed E-state index contributed by atoms with van der Waals surface area (Å²) in [6.07, 6.45) is 0. The van der Waals surface area contributed by atoms with E-state index in [2.05, 4.69) is 53.6 Å². The van der Waals surface area contributed by atoms with E-state index in [-0.39, 0.29) is 17.9 Å². The Morgan fingerprint density at radius 1 is 0.964 bits per heavy atom. The third kappa shape index (κ3) is 5.20. The van der Waals surface area contributed by atoms with Crippen LogP contribution in [0.15, 0.2) is 54.6 Å². The number of nitrogens with zero attached hydrogens (tertiary/aromatic N) is 1. The molecule has 1 aliphatic rings. The van der Waals surface area contributed by atoms with E-state index in [1.807, 2.05) is 6.07 Å². The zero-order chi connectivity index (χ0) is 20.1. The summed E-state index contributed by atoms with van der Waals surface area (Å²) >= 11 is 0. The zero-order valence-electron chi connectivity index (χ0n) is 16.8. The normalized spacial score (nSPS) is 22.5. The first kappa shape index (κ1) is 20.1. The number of nitrogens with one attached hydrogen (secondary N) is 2. The monoisotopic (exact) mass is 379 g/mol. The number of rotatable bonds is 5. The van der Waals surface area contributed by atoms with Gasteiger partial charge in [0.2, 0.25) is 0 Å². The summed E-state index contributed by atoms with van der Waals surface area (Å²) < 4.78 is 0. The second-order valence-electron chi connectivity index (χ2n) is 7.89. The third-order valence-corrected chi connectivity index (χ3v) is 5.41. The summed E-state index contributed by atoms with van der Waals surface area (Å²) in [6.45, 7) is 8.77. The molecule has 0 radical (unpaired) electrons. The van der Waals surface area contributed by atoms with Gasteiger partial charge >= 0.3 is 6.03 Å². The molecule has 3 rings (SSSR count). The van der Waals surface area contributed by atoms with E-state index < -0.39 is 0 Å². The number of carbonyl (C=O) groups is 2. The summed E-state index contributed by atoms with van der Waals surface area (Å²) in [5.41, 5.74) is 2.64. The Kier molecular flexibility index (Phi) is 6.47. The Morgan fingerprint density at radius 3 is 2.14 bits per heavy atom. The van der Waals surface area contributed by atoms with Crippen molar-refractivity contribution in [2.24, 2.45) is 11.8 Å². The molecule has 5 heteroatoms. The van der Waals surface area contributed by atoms with Crippen LogP contribution in [-0.2, 0) is 6.54 Å². The molecule has 2 N–H and O–H groups in total. The molecule has 2 aromatic carbocycles. The van der Waals surface area contributed by atoms with Crippen molar-refractivity contribution in [2.75, 3.05) is 18.4 Å². The van der Waals surface area contributed by atoms with Crippen LogP contribution in [0.25, 0.3) is 0 Å². The Morgan fingerprint density at radius 2 is 1.57 bits per heavy atom. The fourth-order valence-corrected chi connectivity index (χ4v) is 4.04. The van der Waals surface area contributed by atoms with E-state index >= 15 is 0 Å². The smallest absolute Gasteiger partial charge is 0.319 e. The van der Waals surface area contributed by atoms with Gasteiger partial charge in [-0.05, 0) is 48.6 Å². The number of urea groups is 1. The first-order chi connectivity index (χ1) is 13.4. The minimum atomic E-state index is -0.198. The number of ketones is 1. The van der Waals surface area contributed by atoms with E-state index in [1.54, 1.807) is 24.3 Å². The summed E-state index contributed by atoms with van der Waals surface area (Å²) in [7, 11) is 0. The van der Waals surface area contributed by atoms with Gasteiger partial charge in [0.25, 0.3) is 0 Å². The first-order valence-electron chi connectivity index (χ1n) is 9.87. The van der Waals surface area contributed by atoms with Crippen molar-refractivity contribution < 1.29 is 9.59 Å². The molecule has 0 bridgehead atoms. The summed E-state index contributed by atoms with van der Waals surface area (Å²) in [5.74, 6) is 0.734. The topological polar surface area (TPSA) is 61.4 Å². The zero-order valence-corrected chi connectivity index (χ0v) is 16.8. The van der Waals surface area contributed by atoms with E-state index in [1.165, 1.54) is 12.5 Å². The quantitative estimate of drug-likeness (QED) is 0.767. The molecular formula is C23H29N3O2. The lowest BCUT2D eigenvalue weighted by Gasteiger charge is -2.41. The maximum absolute atomic E-state index is 12.5. The Bertz CT molecular complexity index is 792. The Hall–Kier alpha value is -2.66. The van der Waals surface area contributed by atoms with Crippen LogP contribution in [0.3, 0.4) is 0 Å². The van der Waals surface area contributed by atoms with Gasteiger partial charge in [0.15, 0.2) is 5.78 Å². The number of benzene rings is 2. The van der Waals surface area contributed by atoms with Crippen molar-refractivity contribution in [1.82, 2.24) is 10.2 Å². The van der Waals surface area contributed by atoms with E-state index in [4.69, 9.17) is 0 Å². The van der Waals surface area contributed by atoms with Crippen LogP contribution < -0.4 is 10.6 Å². The van der Waals surface area contributed by atoms with Crippen LogP contribution >= 0.6 is 0 Å². The number of amides is 2. The highest BCUT2D eigenvalue weighted by Crippen LogP contribution is 2.24. The minimum Gasteiger partial charge on any atom is -0.335 e. The predicted molar refractivity (Wildman–Crippen MR) is 112 cm³/mol. The summed E-state index contributed by atoms with van der Waals surface area (Å²) in [6, 6.07) is 17.4. The summed E-state index contributed by atoms with van der Waals surface area (Å²) in [4.78, 5) is 26.3. The van der Waals surface area contributed by atoms with Gasteiger partial charge in [-0.15, -0.1) is 0 Å². The largest absolute Gasteiger partial charge is 0.335 e. The standard InChI is InChI=1S/C23H29N3O2/c1-16-13-26(15-19-7-5-4-6-8-19)14-17(2)22(16)25-23(28)24-21-11-9-20(10-12-21)18(3)27/h4-12,16-17,22H,13-15H2,1-3H3,(H2,24,25,28). The Labute approximate surface area is 167 Å². The van der Waals surface area contributed by atoms with Gasteiger partial charge in [-0.3, -0.25) is 9.69 Å². The molecule has 0 aliphatic carbocycles. The maximum Gasteiger partial charge on any atom is 0.319 e. The number of piperidine rings is 1. The van der Waals surface area contributed by atoms with Crippen molar-refractivity contribution >= 4 is 17.5 Å². The number of likely N-dealkylation sites (tertiary alicyclic amines) is 1. The number of Topliss-reactive ketones (excluding diaryl/α,β-unsaturated/α-hetero) is 1. The molecule has 1 fully saturated rings. The molecule has 2 atom stereocenters. The first-order valence-corrected chi connectivity index (χ1v) is 9.87. The van der Waals surface area contributed by atoms with Gasteiger partial charge in [0, 0.05) is 36.9 Å². The molecular weight excluding hydrogens is 350 g/mol. The molecule has 0 aromatic heterocycles. The fourth-order valence-electron chi connectivity index (χ4n) is 4.04. The number of anilines is 1. The summed E-state index contributed by atoms with van der Waals surface area (Å²) in [5, 5.41) is 6.02. The molecule has 2 unspecified atom stereocenters. The minimum absolute atomic E-state index is 0.0147. The van der Waals surface area contributed by atoms with Crippen molar-refractivity contribution in [3.05, 3.63) is 65.7 Å². The maximum atomic E-state index is 12.5. The average Bonchev–Trinajstić information content (AvgIpc) is 2.66. The SMILES string of the molecule is CC(=O)c1ccc(NC(=O)NC2C(C)CN(Cc3ccccc3)CC2C)cc1. The second kappa shape index (κ2) is 9.02. The van der Waals surface area contributed by atoms with Crippen molar-refractivity contribution in [3.63, 3.8) is 0 Å². The molecule has 28 heavy (non-hydrogen) atoms. The lowest BCUT2D eigenvalue weighted by Crippen LogP contribution is -2.55. The van der Waals surface area contributed by atoms with Crippen LogP contribution in [0, 0.1) is 11.8 Å². The lowest BCUT2D eigenvalue weighted by molar-refractivity contribution is 0.0994. The average molecular weight is 380 g/mol. The molecule has 0 spiro atoms. The highest BCUT2D eigenvalue weighted by Gasteiger charge is 2.32. The third-order valence-electron chi connectivity index (χ3n) is 5.41. The molecule has 2 amide bonds. The highest BCUT2D eigenvalue weighted by molar-refractivity contribution is 5.95. The lowest BCUT2D eigenvalue weighted by atomic mass is 9.85. The molecule has 148 valence electrons. The van der Waals surface area contributed by atoms with Gasteiger partial charge in [-0.25, -0.2) is 4.79 Å². The number of hydrogen-bond acceptors (Lipinski definition) is 3. The van der Waals surface area contributed by atoms with Crippen LogP contribution in [0.1, 0.15) is 36.7 Å². The highest BCUT2D eigenvalue weighted by atomic mass is 16.2. The predicted octanol–water partition coefficient (Wildman–Crippen LogP) is 4.17. The van der Waals surface area contributed by atoms with Gasteiger partial charge in [0.1, 0.15) is 0 Å². The molecule has 1 heterocycles. The molecule has 0 saturated carbocycles. The molecule has 2 aromatic rings. The number of hydrogen-bond donors (Lipinski definition) is 2. The van der Waals surface area contributed by atoms with Crippen LogP contribution in [0.5, 0.6) is 0 Å². The Balaban J connectivity index is 1.54. The van der Waals surface area contributed by atoms with Gasteiger partial charge in [-0.1, -0.05) is 44.2 Å². The van der Waals surface area contributed by atoms with Crippen LogP contribution in [-0.4, -0.2) is 35.8 Å². The van der Waals surface area contributed by atoms with Crippen LogP contribution in [0.2, 0.25) is 0 Å². The number of carbonyl (C=O) groups excluding carboxylic acids is 2. The van der Waals surface area contributed by atoms with Gasteiger partial charge < -0.3 is 10.6 Å². The molecule has 1 aliphatic heterocycles. The molecule has 1 saturated heterocycles. The van der Waals surface area contributed by atoms with E-state index in [9.17, 15) is 9.59 Å². The van der Waals surface area contributed by atoms with Crippen molar-refractivity contribution in [1.29, 1.82) is 0 Å². The van der Waals surface area contributed by atoms with Crippen LogP contribution in [0.4, 0.5) is 10.5 Å². The second-order valence-corrected chi connectivity index (χ2v) is 7.89. The van der Waals surface area contributed by atoms with Gasteiger partial charge in [0.05, 0.1) is 0 Å². The van der Waals surface area contributed by atoms with Crippen molar-refractivity contribution in [3.8, 4) is 0 Å².